The molecule has 2 aromatic rings. The number of hydrogen-bond acceptors (Lipinski definition) is 3. The minimum atomic E-state index is 0.150. The molecular weight excluding hydrogens is 198 g/mol. The first kappa shape index (κ1) is 8.94. The van der Waals surface area contributed by atoms with Gasteiger partial charge in [-0.15, -0.1) is 11.3 Å². The molecule has 0 aliphatic carbocycles. The second-order valence-corrected chi connectivity index (χ2v) is 4.90. The molecule has 2 rings (SSSR count). The van der Waals surface area contributed by atoms with Gasteiger partial charge in [0.1, 0.15) is 0 Å². The van der Waals surface area contributed by atoms with Crippen LogP contribution in [0.3, 0.4) is 0 Å². The van der Waals surface area contributed by atoms with Crippen molar-refractivity contribution in [2.45, 2.75) is 13.0 Å². The average Bonchev–Trinajstić information content (AvgIpc) is 2.75. The van der Waals surface area contributed by atoms with Crippen molar-refractivity contribution in [2.24, 2.45) is 5.73 Å². The molecule has 0 spiro atoms. The molecule has 0 amide bonds. The molecule has 2 N–H and O–H groups in total. The van der Waals surface area contributed by atoms with Crippen LogP contribution in [0.4, 0.5) is 0 Å². The molecule has 0 unspecified atom stereocenters. The van der Waals surface area contributed by atoms with Crippen molar-refractivity contribution in [3.8, 4) is 10.4 Å². The van der Waals surface area contributed by atoms with Gasteiger partial charge in [-0.05, 0) is 35.9 Å². The second-order valence-electron chi connectivity index (χ2n) is 3.00. The van der Waals surface area contributed by atoms with Crippen LogP contribution in [-0.2, 0) is 0 Å². The first-order valence-electron chi connectivity index (χ1n) is 4.15. The summed E-state index contributed by atoms with van der Waals surface area (Å²) in [6, 6.07) is 6.55. The highest BCUT2D eigenvalue weighted by atomic mass is 32.1. The van der Waals surface area contributed by atoms with E-state index in [4.69, 9.17) is 5.73 Å². The molecule has 0 aromatic carbocycles. The van der Waals surface area contributed by atoms with Crippen LogP contribution in [0.15, 0.2) is 29.0 Å². The Hall–Kier alpha value is -0.640. The molecular formula is C10H11NS2. The van der Waals surface area contributed by atoms with Gasteiger partial charge < -0.3 is 5.73 Å². The molecule has 1 atom stereocenters. The van der Waals surface area contributed by atoms with E-state index in [1.54, 1.807) is 22.7 Å². The lowest BCUT2D eigenvalue weighted by atomic mass is 10.2. The van der Waals surface area contributed by atoms with Crippen molar-refractivity contribution < 1.29 is 0 Å². The van der Waals surface area contributed by atoms with Crippen LogP contribution in [0.5, 0.6) is 0 Å². The summed E-state index contributed by atoms with van der Waals surface area (Å²) in [5.74, 6) is 0. The standard InChI is InChI=1S/C10H11NS2/c1-7(11)9-2-3-10(13-9)8-4-5-12-6-8/h2-7H,11H2,1H3/t7-/m1/s1. The van der Waals surface area contributed by atoms with Gasteiger partial charge in [-0.1, -0.05) is 0 Å². The largest absolute Gasteiger partial charge is 0.324 e. The van der Waals surface area contributed by atoms with E-state index in [0.717, 1.165) is 0 Å². The monoisotopic (exact) mass is 209 g/mol. The zero-order valence-corrected chi connectivity index (χ0v) is 8.99. The van der Waals surface area contributed by atoms with Crippen LogP contribution in [-0.4, -0.2) is 0 Å². The first-order valence-corrected chi connectivity index (χ1v) is 5.91. The van der Waals surface area contributed by atoms with E-state index >= 15 is 0 Å². The van der Waals surface area contributed by atoms with Gasteiger partial charge in [0.2, 0.25) is 0 Å². The van der Waals surface area contributed by atoms with E-state index in [2.05, 4.69) is 29.0 Å². The molecule has 3 heteroatoms. The van der Waals surface area contributed by atoms with Crippen LogP contribution < -0.4 is 5.73 Å². The lowest BCUT2D eigenvalue weighted by Gasteiger charge is -1.97. The summed E-state index contributed by atoms with van der Waals surface area (Å²) < 4.78 is 0. The van der Waals surface area contributed by atoms with E-state index in [9.17, 15) is 0 Å². The molecule has 2 aromatic heterocycles. The number of hydrogen-bond donors (Lipinski definition) is 1. The highest BCUT2D eigenvalue weighted by Gasteiger charge is 2.05. The molecule has 13 heavy (non-hydrogen) atoms. The molecule has 0 saturated carbocycles. The van der Waals surface area contributed by atoms with Gasteiger partial charge in [-0.3, -0.25) is 0 Å². The molecule has 0 aliphatic rings. The van der Waals surface area contributed by atoms with E-state index in [1.807, 2.05) is 6.92 Å². The van der Waals surface area contributed by atoms with Crippen LogP contribution in [0.25, 0.3) is 10.4 Å². The Bertz CT molecular complexity index is 373. The zero-order chi connectivity index (χ0) is 9.26. The predicted octanol–water partition coefficient (Wildman–Crippen LogP) is 3.50. The smallest absolute Gasteiger partial charge is 0.0361 e. The Morgan fingerprint density at radius 3 is 2.69 bits per heavy atom. The minimum absolute atomic E-state index is 0.150. The van der Waals surface area contributed by atoms with Gasteiger partial charge >= 0.3 is 0 Å². The third-order valence-corrected chi connectivity index (χ3v) is 3.90. The summed E-state index contributed by atoms with van der Waals surface area (Å²) in [6.45, 7) is 2.02. The molecule has 68 valence electrons. The number of nitrogens with two attached hydrogens (primary N) is 1. The van der Waals surface area contributed by atoms with E-state index in [1.165, 1.54) is 15.3 Å². The average molecular weight is 209 g/mol. The normalized spacial score (nSPS) is 13.1. The molecule has 0 fully saturated rings. The van der Waals surface area contributed by atoms with Crippen LogP contribution in [0.2, 0.25) is 0 Å². The summed E-state index contributed by atoms with van der Waals surface area (Å²) in [6.07, 6.45) is 0. The van der Waals surface area contributed by atoms with Gasteiger partial charge in [0, 0.05) is 21.4 Å². The first-order chi connectivity index (χ1) is 6.27. The summed E-state index contributed by atoms with van der Waals surface area (Å²) in [5.41, 5.74) is 7.10. The third-order valence-electron chi connectivity index (χ3n) is 1.88. The van der Waals surface area contributed by atoms with Crippen LogP contribution >= 0.6 is 22.7 Å². The summed E-state index contributed by atoms with van der Waals surface area (Å²) in [4.78, 5) is 2.56. The van der Waals surface area contributed by atoms with Crippen molar-refractivity contribution in [3.63, 3.8) is 0 Å². The minimum Gasteiger partial charge on any atom is -0.324 e. The SMILES string of the molecule is C[C@@H](N)c1ccc(-c2ccsc2)s1. The maximum atomic E-state index is 5.79. The van der Waals surface area contributed by atoms with Gasteiger partial charge in [0.15, 0.2) is 0 Å². The van der Waals surface area contributed by atoms with Crippen LogP contribution in [0, 0.1) is 0 Å². The van der Waals surface area contributed by atoms with E-state index in [-0.39, 0.29) is 6.04 Å². The van der Waals surface area contributed by atoms with Gasteiger partial charge in [-0.2, -0.15) is 11.3 Å². The molecule has 0 radical (unpaired) electrons. The molecule has 2 heterocycles. The number of thiophene rings is 2. The third kappa shape index (κ3) is 1.82. The van der Waals surface area contributed by atoms with Gasteiger partial charge in [-0.25, -0.2) is 0 Å². The fourth-order valence-electron chi connectivity index (χ4n) is 1.16. The summed E-state index contributed by atoms with van der Waals surface area (Å²) in [5, 5.41) is 4.26. The lowest BCUT2D eigenvalue weighted by molar-refractivity contribution is 0.838. The molecule has 0 aliphatic heterocycles. The summed E-state index contributed by atoms with van der Waals surface area (Å²) >= 11 is 3.51. The fourth-order valence-corrected chi connectivity index (χ4v) is 2.84. The summed E-state index contributed by atoms with van der Waals surface area (Å²) in [7, 11) is 0. The second kappa shape index (κ2) is 3.62. The topological polar surface area (TPSA) is 26.0 Å². The lowest BCUT2D eigenvalue weighted by Crippen LogP contribution is -2.01. The Kier molecular flexibility index (Phi) is 2.49. The Labute approximate surface area is 85.8 Å². The molecule has 0 saturated heterocycles. The van der Waals surface area contributed by atoms with Crippen molar-refractivity contribution in [1.29, 1.82) is 0 Å². The van der Waals surface area contributed by atoms with Crippen molar-refractivity contribution in [2.75, 3.05) is 0 Å². The molecule has 1 nitrogen and oxygen atoms in total. The Morgan fingerprint density at radius 1 is 1.31 bits per heavy atom. The van der Waals surface area contributed by atoms with Gasteiger partial charge in [0.05, 0.1) is 0 Å². The van der Waals surface area contributed by atoms with Crippen molar-refractivity contribution >= 4 is 22.7 Å². The maximum absolute atomic E-state index is 5.79. The number of rotatable bonds is 2. The maximum Gasteiger partial charge on any atom is 0.0361 e. The molecule has 0 bridgehead atoms. The van der Waals surface area contributed by atoms with E-state index < -0.39 is 0 Å². The van der Waals surface area contributed by atoms with Crippen LogP contribution in [0.1, 0.15) is 17.8 Å². The Morgan fingerprint density at radius 2 is 2.15 bits per heavy atom. The van der Waals surface area contributed by atoms with Gasteiger partial charge in [0.25, 0.3) is 0 Å². The predicted molar refractivity (Wildman–Crippen MR) is 60.2 cm³/mol. The zero-order valence-electron chi connectivity index (χ0n) is 7.36. The fraction of sp³-hybridized carbons (Fsp3) is 0.200. The van der Waals surface area contributed by atoms with Crippen molar-refractivity contribution in [1.82, 2.24) is 0 Å². The Balaban J connectivity index is 2.33. The highest BCUT2D eigenvalue weighted by Crippen LogP contribution is 2.31. The quantitative estimate of drug-likeness (QED) is 0.805. The van der Waals surface area contributed by atoms with Crippen molar-refractivity contribution in [3.05, 3.63) is 33.8 Å². The van der Waals surface area contributed by atoms with E-state index in [0.29, 0.717) is 0 Å². The highest BCUT2D eigenvalue weighted by molar-refractivity contribution is 7.16.